The molecule has 2 aromatic carbocycles. The van der Waals surface area contributed by atoms with Crippen molar-refractivity contribution in [3.63, 3.8) is 0 Å². The van der Waals surface area contributed by atoms with Gasteiger partial charge in [0.15, 0.2) is 0 Å². The first-order valence-corrected chi connectivity index (χ1v) is 10.8. The van der Waals surface area contributed by atoms with E-state index >= 15 is 0 Å². The topological polar surface area (TPSA) is 76.7 Å². The smallest absolute Gasteiger partial charge is 0.251 e. The molecule has 1 atom stereocenters. The second kappa shape index (κ2) is 10.4. The molecule has 0 saturated carbocycles. The van der Waals surface area contributed by atoms with E-state index < -0.39 is 0 Å². The molecule has 1 aliphatic heterocycles. The van der Waals surface area contributed by atoms with Gasteiger partial charge in [0.25, 0.3) is 5.91 Å². The molecule has 6 nitrogen and oxygen atoms in total. The third-order valence-corrected chi connectivity index (χ3v) is 5.30. The van der Waals surface area contributed by atoms with Crippen molar-refractivity contribution in [2.75, 3.05) is 19.8 Å². The monoisotopic (exact) mass is 424 g/mol. The number of nitrogens with one attached hydrogen (secondary N) is 2. The average molecular weight is 425 g/mol. The first-order valence-electron chi connectivity index (χ1n) is 10.8. The van der Waals surface area contributed by atoms with Gasteiger partial charge in [-0.25, -0.2) is 0 Å². The number of hydrogen-bond donors (Lipinski definition) is 2. The van der Waals surface area contributed by atoms with E-state index in [1.807, 2.05) is 36.4 Å². The second-order valence-corrected chi connectivity index (χ2v) is 8.88. The Morgan fingerprint density at radius 2 is 1.74 bits per heavy atom. The van der Waals surface area contributed by atoms with Crippen molar-refractivity contribution < 1.29 is 19.1 Å². The van der Waals surface area contributed by atoms with Crippen molar-refractivity contribution in [2.24, 2.45) is 0 Å². The Balaban J connectivity index is 1.38. The van der Waals surface area contributed by atoms with Crippen molar-refractivity contribution in [1.29, 1.82) is 0 Å². The van der Waals surface area contributed by atoms with Crippen molar-refractivity contribution in [3.05, 3.63) is 65.2 Å². The Morgan fingerprint density at radius 3 is 2.35 bits per heavy atom. The summed E-state index contributed by atoms with van der Waals surface area (Å²) in [5, 5.41) is 5.48. The Morgan fingerprint density at radius 1 is 1.03 bits per heavy atom. The zero-order chi connectivity index (χ0) is 22.3. The third kappa shape index (κ3) is 7.10. The largest absolute Gasteiger partial charge is 0.491 e. The molecule has 1 saturated heterocycles. The molecule has 2 aromatic rings. The van der Waals surface area contributed by atoms with Crippen LogP contribution in [-0.4, -0.2) is 37.7 Å². The zero-order valence-electron chi connectivity index (χ0n) is 18.6. The molecular weight excluding hydrogens is 392 g/mol. The van der Waals surface area contributed by atoms with Crippen LogP contribution in [0.1, 0.15) is 55.1 Å². The minimum absolute atomic E-state index is 0.0313. The summed E-state index contributed by atoms with van der Waals surface area (Å²) in [5.74, 6) is 0.289. The molecule has 0 aliphatic carbocycles. The van der Waals surface area contributed by atoms with Crippen LogP contribution in [0.25, 0.3) is 0 Å². The molecule has 1 fully saturated rings. The number of amides is 2. The molecule has 1 unspecified atom stereocenters. The van der Waals surface area contributed by atoms with Gasteiger partial charge >= 0.3 is 0 Å². The molecule has 31 heavy (non-hydrogen) atoms. The van der Waals surface area contributed by atoms with Gasteiger partial charge in [-0.1, -0.05) is 45.0 Å². The lowest BCUT2D eigenvalue weighted by Crippen LogP contribution is -2.36. The number of hydrogen-bond acceptors (Lipinski definition) is 4. The molecule has 0 aromatic heterocycles. The van der Waals surface area contributed by atoms with Crippen LogP contribution in [0.15, 0.2) is 48.5 Å². The average Bonchev–Trinajstić information content (AvgIpc) is 3.28. The molecule has 3 rings (SSSR count). The fourth-order valence-corrected chi connectivity index (χ4v) is 3.32. The molecule has 0 spiro atoms. The van der Waals surface area contributed by atoms with Crippen LogP contribution in [0.3, 0.4) is 0 Å². The van der Waals surface area contributed by atoms with Crippen molar-refractivity contribution in [1.82, 2.24) is 10.6 Å². The van der Waals surface area contributed by atoms with Crippen LogP contribution in [-0.2, 0) is 21.5 Å². The van der Waals surface area contributed by atoms with Crippen LogP contribution in [0.5, 0.6) is 5.75 Å². The molecule has 2 N–H and O–H groups in total. The van der Waals surface area contributed by atoms with E-state index in [0.29, 0.717) is 18.7 Å². The Bertz CT molecular complexity index is 864. The first-order chi connectivity index (χ1) is 14.8. The lowest BCUT2D eigenvalue weighted by atomic mass is 9.87. The van der Waals surface area contributed by atoms with Gasteiger partial charge in [0.05, 0.1) is 12.6 Å². The standard InChI is InChI=1S/C25H32N2O4/c1-25(2,3)20-10-8-19(9-11-20)24(29)27-16-23(28)26-15-18-6-12-21(13-7-18)31-17-22-5-4-14-30-22/h6-13,22H,4-5,14-17H2,1-3H3,(H,26,28)(H,27,29). The quantitative estimate of drug-likeness (QED) is 0.679. The minimum Gasteiger partial charge on any atom is -0.491 e. The highest BCUT2D eigenvalue weighted by molar-refractivity contribution is 5.96. The van der Waals surface area contributed by atoms with E-state index in [4.69, 9.17) is 9.47 Å². The second-order valence-electron chi connectivity index (χ2n) is 8.88. The number of rotatable bonds is 8. The van der Waals surface area contributed by atoms with Gasteiger partial charge in [0.2, 0.25) is 5.91 Å². The van der Waals surface area contributed by atoms with Gasteiger partial charge in [-0.2, -0.15) is 0 Å². The van der Waals surface area contributed by atoms with Crippen LogP contribution in [0.4, 0.5) is 0 Å². The molecule has 1 aliphatic rings. The van der Waals surface area contributed by atoms with Crippen molar-refractivity contribution >= 4 is 11.8 Å². The van der Waals surface area contributed by atoms with Gasteiger partial charge in [0.1, 0.15) is 12.4 Å². The number of carbonyl (C=O) groups is 2. The predicted molar refractivity (Wildman–Crippen MR) is 120 cm³/mol. The highest BCUT2D eigenvalue weighted by atomic mass is 16.5. The zero-order valence-corrected chi connectivity index (χ0v) is 18.6. The molecule has 0 bridgehead atoms. The van der Waals surface area contributed by atoms with Gasteiger partial charge in [-0.05, 0) is 53.6 Å². The van der Waals surface area contributed by atoms with Crippen LogP contribution < -0.4 is 15.4 Å². The van der Waals surface area contributed by atoms with E-state index in [1.54, 1.807) is 12.1 Å². The Kier molecular flexibility index (Phi) is 7.69. The normalized spacial score (nSPS) is 16.0. The van der Waals surface area contributed by atoms with E-state index in [-0.39, 0.29) is 29.9 Å². The maximum Gasteiger partial charge on any atom is 0.251 e. The summed E-state index contributed by atoms with van der Waals surface area (Å²) >= 11 is 0. The first kappa shape index (κ1) is 22.8. The van der Waals surface area contributed by atoms with Crippen LogP contribution in [0, 0.1) is 0 Å². The van der Waals surface area contributed by atoms with Gasteiger partial charge in [0, 0.05) is 18.7 Å². The number of carbonyl (C=O) groups excluding carboxylic acids is 2. The minimum atomic E-state index is -0.261. The number of benzene rings is 2. The highest BCUT2D eigenvalue weighted by Gasteiger charge is 2.16. The molecule has 6 heteroatoms. The molecule has 2 amide bonds. The molecule has 1 heterocycles. The van der Waals surface area contributed by atoms with Crippen molar-refractivity contribution in [3.8, 4) is 5.75 Å². The highest BCUT2D eigenvalue weighted by Crippen LogP contribution is 2.22. The fraction of sp³-hybridized carbons (Fsp3) is 0.440. The van der Waals surface area contributed by atoms with Crippen molar-refractivity contribution in [2.45, 2.75) is 51.7 Å². The predicted octanol–water partition coefficient (Wildman–Crippen LogP) is 3.59. The maximum atomic E-state index is 12.3. The Hall–Kier alpha value is -2.86. The lowest BCUT2D eigenvalue weighted by molar-refractivity contribution is -0.120. The van der Waals surface area contributed by atoms with E-state index in [2.05, 4.69) is 31.4 Å². The third-order valence-electron chi connectivity index (χ3n) is 5.30. The van der Waals surface area contributed by atoms with Gasteiger partial charge in [-0.3, -0.25) is 9.59 Å². The number of ether oxygens (including phenoxy) is 2. The van der Waals surface area contributed by atoms with Crippen LogP contribution in [0.2, 0.25) is 0 Å². The van der Waals surface area contributed by atoms with E-state index in [0.717, 1.165) is 36.3 Å². The molecule has 0 radical (unpaired) electrons. The summed E-state index contributed by atoms with van der Waals surface area (Å²) in [6.07, 6.45) is 2.32. The molecular formula is C25H32N2O4. The summed E-state index contributed by atoms with van der Waals surface area (Å²) < 4.78 is 11.3. The maximum absolute atomic E-state index is 12.3. The van der Waals surface area contributed by atoms with E-state index in [9.17, 15) is 9.59 Å². The van der Waals surface area contributed by atoms with Gasteiger partial charge in [-0.15, -0.1) is 0 Å². The fourth-order valence-electron chi connectivity index (χ4n) is 3.32. The lowest BCUT2D eigenvalue weighted by Gasteiger charge is -2.19. The summed E-state index contributed by atoms with van der Waals surface area (Å²) in [6.45, 7) is 8.07. The summed E-state index contributed by atoms with van der Waals surface area (Å²) in [7, 11) is 0. The summed E-state index contributed by atoms with van der Waals surface area (Å²) in [5.41, 5.74) is 2.69. The van der Waals surface area contributed by atoms with E-state index in [1.165, 1.54) is 0 Å². The summed E-state index contributed by atoms with van der Waals surface area (Å²) in [4.78, 5) is 24.4. The molecule has 166 valence electrons. The SMILES string of the molecule is CC(C)(C)c1ccc(C(=O)NCC(=O)NCc2ccc(OCC3CCCO3)cc2)cc1. The summed E-state index contributed by atoms with van der Waals surface area (Å²) in [6, 6.07) is 15.1. The van der Waals surface area contributed by atoms with Crippen LogP contribution >= 0.6 is 0 Å². The van der Waals surface area contributed by atoms with Gasteiger partial charge < -0.3 is 20.1 Å². The Labute approximate surface area is 184 Å².